The van der Waals surface area contributed by atoms with Crippen molar-refractivity contribution in [2.75, 3.05) is 13.2 Å². The van der Waals surface area contributed by atoms with Crippen molar-refractivity contribution in [3.8, 4) is 0 Å². The summed E-state index contributed by atoms with van der Waals surface area (Å²) in [5.74, 6) is 0. The normalized spacial score (nSPS) is 20.1. The Labute approximate surface area is 86.4 Å². The number of aliphatic hydroxyl groups is 1. The Kier molecular flexibility index (Phi) is 6.15. The van der Waals surface area contributed by atoms with Gasteiger partial charge in [0.2, 0.25) is 0 Å². The molecular weight excluding hydrogens is 180 g/mol. The van der Waals surface area contributed by atoms with E-state index in [-0.39, 0.29) is 12.4 Å². The summed E-state index contributed by atoms with van der Waals surface area (Å²) in [6.07, 6.45) is 6.59. The van der Waals surface area contributed by atoms with Crippen LogP contribution in [0.1, 0.15) is 45.4 Å². The van der Waals surface area contributed by atoms with E-state index in [1.807, 2.05) is 6.92 Å². The smallest absolute Gasteiger partial charge is 0.157 e. The molecule has 3 nitrogen and oxygen atoms in total. The number of hydrogen-bond donors (Lipinski definition) is 1. The van der Waals surface area contributed by atoms with Gasteiger partial charge < -0.3 is 14.6 Å². The maximum absolute atomic E-state index is 9.04. The van der Waals surface area contributed by atoms with Crippen LogP contribution in [0.3, 0.4) is 0 Å². The Bertz CT molecular complexity index is 130. The average molecular weight is 202 g/mol. The van der Waals surface area contributed by atoms with Crippen LogP contribution >= 0.6 is 0 Å². The molecular formula is C11H22O3. The molecule has 0 aromatic heterocycles. The minimum Gasteiger partial charge on any atom is -0.393 e. The van der Waals surface area contributed by atoms with Gasteiger partial charge in [0.1, 0.15) is 0 Å². The van der Waals surface area contributed by atoms with Crippen LogP contribution < -0.4 is 0 Å². The highest BCUT2D eigenvalue weighted by Crippen LogP contribution is 2.14. The van der Waals surface area contributed by atoms with Crippen molar-refractivity contribution in [3.63, 3.8) is 0 Å². The number of rotatable bonds is 7. The maximum Gasteiger partial charge on any atom is 0.157 e. The minimum absolute atomic E-state index is 0.0618. The van der Waals surface area contributed by atoms with E-state index in [0.717, 1.165) is 32.5 Å². The molecule has 1 fully saturated rings. The van der Waals surface area contributed by atoms with Crippen molar-refractivity contribution < 1.29 is 14.6 Å². The maximum atomic E-state index is 9.04. The first-order valence-electron chi connectivity index (χ1n) is 5.70. The molecule has 84 valence electrons. The van der Waals surface area contributed by atoms with Crippen molar-refractivity contribution in [2.45, 2.75) is 57.8 Å². The van der Waals surface area contributed by atoms with Crippen LogP contribution in [0, 0.1) is 0 Å². The molecule has 1 aliphatic rings. The molecule has 1 N–H and O–H groups in total. The second-order valence-electron chi connectivity index (χ2n) is 4.01. The second kappa shape index (κ2) is 7.21. The molecule has 14 heavy (non-hydrogen) atoms. The molecule has 1 atom stereocenters. The molecule has 0 radical (unpaired) electrons. The van der Waals surface area contributed by atoms with E-state index in [4.69, 9.17) is 14.6 Å². The Hall–Kier alpha value is -0.120. The van der Waals surface area contributed by atoms with Gasteiger partial charge in [0, 0.05) is 0 Å². The van der Waals surface area contributed by atoms with Gasteiger partial charge >= 0.3 is 0 Å². The van der Waals surface area contributed by atoms with E-state index in [1.54, 1.807) is 0 Å². The molecule has 0 aromatic carbocycles. The van der Waals surface area contributed by atoms with Gasteiger partial charge in [-0.1, -0.05) is 19.3 Å². The van der Waals surface area contributed by atoms with Gasteiger partial charge in [-0.2, -0.15) is 0 Å². The summed E-state index contributed by atoms with van der Waals surface area (Å²) in [5.41, 5.74) is 0. The zero-order valence-corrected chi connectivity index (χ0v) is 9.08. The van der Waals surface area contributed by atoms with Crippen LogP contribution in [0.15, 0.2) is 0 Å². The lowest BCUT2D eigenvalue weighted by molar-refractivity contribution is -0.0480. The van der Waals surface area contributed by atoms with Crippen LogP contribution in [-0.4, -0.2) is 30.7 Å². The van der Waals surface area contributed by atoms with Gasteiger partial charge in [-0.05, 0) is 26.2 Å². The molecule has 0 aromatic rings. The molecule has 1 saturated heterocycles. The van der Waals surface area contributed by atoms with E-state index < -0.39 is 0 Å². The Morgan fingerprint density at radius 1 is 1.14 bits per heavy atom. The van der Waals surface area contributed by atoms with Gasteiger partial charge in [-0.3, -0.25) is 0 Å². The molecule has 3 heteroatoms. The van der Waals surface area contributed by atoms with E-state index >= 15 is 0 Å². The third kappa shape index (κ3) is 5.58. The van der Waals surface area contributed by atoms with E-state index in [9.17, 15) is 0 Å². The summed E-state index contributed by atoms with van der Waals surface area (Å²) in [4.78, 5) is 0. The van der Waals surface area contributed by atoms with Crippen molar-refractivity contribution in [1.82, 2.24) is 0 Å². The summed E-state index contributed by atoms with van der Waals surface area (Å²) in [7, 11) is 0. The van der Waals surface area contributed by atoms with E-state index in [0.29, 0.717) is 0 Å². The van der Waals surface area contributed by atoms with Crippen LogP contribution in [0.25, 0.3) is 0 Å². The Morgan fingerprint density at radius 3 is 2.43 bits per heavy atom. The topological polar surface area (TPSA) is 38.7 Å². The number of hydrogen-bond acceptors (Lipinski definition) is 3. The molecule has 0 saturated carbocycles. The fourth-order valence-electron chi connectivity index (χ4n) is 1.68. The third-order valence-electron chi connectivity index (χ3n) is 2.50. The fourth-order valence-corrected chi connectivity index (χ4v) is 1.68. The first kappa shape index (κ1) is 12.0. The van der Waals surface area contributed by atoms with Crippen LogP contribution in [0.4, 0.5) is 0 Å². The predicted octanol–water partition coefficient (Wildman–Crippen LogP) is 2.08. The van der Waals surface area contributed by atoms with Gasteiger partial charge in [-0.25, -0.2) is 0 Å². The van der Waals surface area contributed by atoms with Gasteiger partial charge in [0.15, 0.2) is 6.29 Å². The highest BCUT2D eigenvalue weighted by molar-refractivity contribution is 4.54. The highest BCUT2D eigenvalue weighted by Gasteiger charge is 2.14. The largest absolute Gasteiger partial charge is 0.393 e. The molecule has 0 aliphatic carbocycles. The molecule has 1 rings (SSSR count). The minimum atomic E-state index is -0.142. The van der Waals surface area contributed by atoms with Crippen LogP contribution in [0.5, 0.6) is 0 Å². The molecule has 1 aliphatic heterocycles. The lowest BCUT2D eigenvalue weighted by Crippen LogP contribution is -2.06. The second-order valence-corrected chi connectivity index (χ2v) is 4.01. The fraction of sp³-hybridized carbons (Fsp3) is 1.00. The predicted molar refractivity (Wildman–Crippen MR) is 55.1 cm³/mol. The van der Waals surface area contributed by atoms with Crippen molar-refractivity contribution in [2.24, 2.45) is 0 Å². The molecule has 0 bridgehead atoms. The Morgan fingerprint density at radius 2 is 1.79 bits per heavy atom. The van der Waals surface area contributed by atoms with Gasteiger partial charge in [0.25, 0.3) is 0 Å². The van der Waals surface area contributed by atoms with Crippen LogP contribution in [0.2, 0.25) is 0 Å². The van der Waals surface area contributed by atoms with E-state index in [2.05, 4.69) is 0 Å². The summed E-state index contributed by atoms with van der Waals surface area (Å²) >= 11 is 0. The van der Waals surface area contributed by atoms with E-state index in [1.165, 1.54) is 19.3 Å². The summed E-state index contributed by atoms with van der Waals surface area (Å²) < 4.78 is 10.7. The van der Waals surface area contributed by atoms with Gasteiger partial charge in [-0.15, -0.1) is 0 Å². The average Bonchev–Trinajstić information content (AvgIpc) is 2.63. The zero-order chi connectivity index (χ0) is 10.2. The van der Waals surface area contributed by atoms with Crippen molar-refractivity contribution >= 4 is 0 Å². The van der Waals surface area contributed by atoms with Crippen molar-refractivity contribution in [3.05, 3.63) is 0 Å². The lowest BCUT2D eigenvalue weighted by Gasteiger charge is -2.08. The van der Waals surface area contributed by atoms with Crippen molar-refractivity contribution in [1.29, 1.82) is 0 Å². The molecule has 0 spiro atoms. The monoisotopic (exact) mass is 202 g/mol. The first-order chi connectivity index (χ1) is 6.79. The molecule has 1 unspecified atom stereocenters. The Balaban J connectivity index is 1.79. The number of aliphatic hydroxyl groups excluding tert-OH is 1. The standard InChI is InChI=1S/C11H22O3/c1-10(12)6-4-2-3-5-7-11-13-8-9-14-11/h10-12H,2-9H2,1H3. The summed E-state index contributed by atoms with van der Waals surface area (Å²) in [6.45, 7) is 3.36. The lowest BCUT2D eigenvalue weighted by atomic mass is 10.1. The molecule has 1 heterocycles. The SMILES string of the molecule is CC(O)CCCCCCC1OCCO1. The third-order valence-corrected chi connectivity index (χ3v) is 2.50. The van der Waals surface area contributed by atoms with Crippen LogP contribution in [-0.2, 0) is 9.47 Å². The first-order valence-corrected chi connectivity index (χ1v) is 5.70. The highest BCUT2D eigenvalue weighted by atomic mass is 16.7. The number of ether oxygens (including phenoxy) is 2. The number of unbranched alkanes of at least 4 members (excludes halogenated alkanes) is 3. The zero-order valence-electron chi connectivity index (χ0n) is 9.08. The quantitative estimate of drug-likeness (QED) is 0.642. The molecule has 0 amide bonds. The van der Waals surface area contributed by atoms with Gasteiger partial charge in [0.05, 0.1) is 19.3 Å². The summed E-state index contributed by atoms with van der Waals surface area (Å²) in [5, 5.41) is 9.04. The summed E-state index contributed by atoms with van der Waals surface area (Å²) in [6, 6.07) is 0.